The van der Waals surface area contributed by atoms with Crippen LogP contribution in [0, 0.1) is 0 Å². The molecule has 2 heterocycles. The van der Waals surface area contributed by atoms with Crippen molar-refractivity contribution >= 4 is 34.9 Å². The van der Waals surface area contributed by atoms with Crippen molar-refractivity contribution in [3.05, 3.63) is 60.0 Å². The van der Waals surface area contributed by atoms with E-state index < -0.39 is 0 Å². The molecule has 1 aliphatic heterocycles. The molecule has 0 spiro atoms. The SMILES string of the molecule is C=CC(=O)Nc1ccc(C(=O)N2CCC[C@@H](Nc3cnc(Cl)cn3)C2)cc1. The number of halogens is 1. The molecule has 2 N–H and O–H groups in total. The lowest BCUT2D eigenvalue weighted by Gasteiger charge is -2.33. The van der Waals surface area contributed by atoms with E-state index in [4.69, 9.17) is 11.6 Å². The second-order valence-electron chi connectivity index (χ2n) is 6.23. The summed E-state index contributed by atoms with van der Waals surface area (Å²) in [6, 6.07) is 6.94. The van der Waals surface area contributed by atoms with Gasteiger partial charge >= 0.3 is 0 Å². The first kappa shape index (κ1) is 18.8. The zero-order valence-electron chi connectivity index (χ0n) is 14.7. The Balaban J connectivity index is 1.61. The van der Waals surface area contributed by atoms with Gasteiger partial charge in [0.2, 0.25) is 5.91 Å². The topological polar surface area (TPSA) is 87.2 Å². The van der Waals surface area contributed by atoms with Crippen LogP contribution in [0.25, 0.3) is 0 Å². The summed E-state index contributed by atoms with van der Waals surface area (Å²) in [6.07, 6.45) is 6.12. The van der Waals surface area contributed by atoms with Crippen molar-refractivity contribution in [2.24, 2.45) is 0 Å². The second-order valence-corrected chi connectivity index (χ2v) is 6.62. The number of hydrogen-bond donors (Lipinski definition) is 2. The molecule has 1 aromatic carbocycles. The first-order chi connectivity index (χ1) is 13.0. The number of carbonyl (C=O) groups is 2. The molecular weight excluding hydrogens is 366 g/mol. The molecule has 1 fully saturated rings. The highest BCUT2D eigenvalue weighted by molar-refractivity contribution is 6.29. The van der Waals surface area contributed by atoms with Crippen molar-refractivity contribution < 1.29 is 9.59 Å². The van der Waals surface area contributed by atoms with Crippen LogP contribution < -0.4 is 10.6 Å². The Morgan fingerprint density at radius 1 is 1.22 bits per heavy atom. The molecule has 0 unspecified atom stereocenters. The van der Waals surface area contributed by atoms with E-state index in [2.05, 4.69) is 27.2 Å². The number of rotatable bonds is 5. The summed E-state index contributed by atoms with van der Waals surface area (Å²) in [6.45, 7) is 4.70. The number of anilines is 2. The standard InChI is InChI=1S/C19H20ClN5O2/c1-2-18(26)24-14-7-5-13(6-8-14)19(27)25-9-3-4-15(12-25)23-17-11-21-16(20)10-22-17/h2,5-8,10-11,15H,1,3-4,9,12H2,(H,22,23)(H,24,26)/t15-/m1/s1. The molecule has 2 amide bonds. The molecule has 0 radical (unpaired) electrons. The van der Waals surface area contributed by atoms with E-state index in [1.807, 2.05) is 4.90 Å². The van der Waals surface area contributed by atoms with Gasteiger partial charge in [0.1, 0.15) is 11.0 Å². The first-order valence-corrected chi connectivity index (χ1v) is 9.00. The summed E-state index contributed by atoms with van der Waals surface area (Å²) in [5.41, 5.74) is 1.20. The van der Waals surface area contributed by atoms with Gasteiger partial charge in [0, 0.05) is 30.4 Å². The molecule has 0 aliphatic carbocycles. The van der Waals surface area contributed by atoms with Crippen molar-refractivity contribution in [2.45, 2.75) is 18.9 Å². The normalized spacial score (nSPS) is 16.5. The van der Waals surface area contributed by atoms with Gasteiger partial charge in [-0.1, -0.05) is 18.2 Å². The fraction of sp³-hybridized carbons (Fsp3) is 0.263. The van der Waals surface area contributed by atoms with Crippen molar-refractivity contribution in [1.82, 2.24) is 14.9 Å². The smallest absolute Gasteiger partial charge is 0.253 e. The third-order valence-corrected chi connectivity index (χ3v) is 4.46. The number of carbonyl (C=O) groups excluding carboxylic acids is 2. The number of amides is 2. The monoisotopic (exact) mass is 385 g/mol. The molecule has 8 heteroatoms. The highest BCUT2D eigenvalue weighted by atomic mass is 35.5. The third-order valence-electron chi connectivity index (χ3n) is 4.27. The van der Waals surface area contributed by atoms with Gasteiger partial charge in [-0.25, -0.2) is 9.97 Å². The van der Waals surface area contributed by atoms with Crippen LogP contribution in [0.3, 0.4) is 0 Å². The predicted octanol–water partition coefficient (Wildman–Crippen LogP) is 2.97. The molecule has 2 aromatic rings. The van der Waals surface area contributed by atoms with Crippen molar-refractivity contribution in [2.75, 3.05) is 23.7 Å². The summed E-state index contributed by atoms with van der Waals surface area (Å²) in [7, 11) is 0. The van der Waals surface area contributed by atoms with Crippen molar-refractivity contribution in [1.29, 1.82) is 0 Å². The maximum atomic E-state index is 12.8. The second kappa shape index (κ2) is 8.64. The minimum atomic E-state index is -0.288. The fourth-order valence-electron chi connectivity index (χ4n) is 2.95. The van der Waals surface area contributed by atoms with E-state index in [0.717, 1.165) is 12.8 Å². The van der Waals surface area contributed by atoms with Gasteiger partial charge in [0.05, 0.1) is 12.4 Å². The maximum Gasteiger partial charge on any atom is 0.253 e. The summed E-state index contributed by atoms with van der Waals surface area (Å²) < 4.78 is 0. The van der Waals surface area contributed by atoms with Crippen molar-refractivity contribution in [3.8, 4) is 0 Å². The Morgan fingerprint density at radius 3 is 2.67 bits per heavy atom. The highest BCUT2D eigenvalue weighted by Crippen LogP contribution is 2.18. The minimum absolute atomic E-state index is 0.0368. The van der Waals surface area contributed by atoms with Gasteiger partial charge in [-0.2, -0.15) is 0 Å². The number of hydrogen-bond acceptors (Lipinski definition) is 5. The lowest BCUT2D eigenvalue weighted by molar-refractivity contribution is -0.111. The van der Waals surface area contributed by atoms with Crippen LogP contribution in [0.15, 0.2) is 49.3 Å². The largest absolute Gasteiger partial charge is 0.364 e. The Kier molecular flexibility index (Phi) is 6.03. The zero-order valence-corrected chi connectivity index (χ0v) is 15.4. The summed E-state index contributed by atoms with van der Waals surface area (Å²) in [4.78, 5) is 34.1. The molecule has 0 saturated carbocycles. The number of nitrogens with one attached hydrogen (secondary N) is 2. The molecule has 7 nitrogen and oxygen atoms in total. The Bertz CT molecular complexity index is 823. The van der Waals surface area contributed by atoms with E-state index >= 15 is 0 Å². The van der Waals surface area contributed by atoms with Crippen LogP contribution in [0.4, 0.5) is 11.5 Å². The molecule has 1 atom stereocenters. The lowest BCUT2D eigenvalue weighted by atomic mass is 10.0. The van der Waals surface area contributed by atoms with Crippen LogP contribution in [0.1, 0.15) is 23.2 Å². The van der Waals surface area contributed by atoms with Gasteiger partial charge < -0.3 is 15.5 Å². The van der Waals surface area contributed by atoms with Crippen LogP contribution >= 0.6 is 11.6 Å². The van der Waals surface area contributed by atoms with Gasteiger partial charge in [0.25, 0.3) is 5.91 Å². The molecule has 1 saturated heterocycles. The zero-order chi connectivity index (χ0) is 19.2. The molecular formula is C19H20ClN5O2. The summed E-state index contributed by atoms with van der Waals surface area (Å²) in [5.74, 6) is 0.315. The Hall–Kier alpha value is -2.93. The molecule has 27 heavy (non-hydrogen) atoms. The third kappa shape index (κ3) is 5.04. The highest BCUT2D eigenvalue weighted by Gasteiger charge is 2.24. The molecule has 1 aliphatic rings. The number of likely N-dealkylation sites (tertiary alicyclic amines) is 1. The fourth-order valence-corrected chi connectivity index (χ4v) is 3.04. The van der Waals surface area contributed by atoms with E-state index in [0.29, 0.717) is 35.3 Å². The van der Waals surface area contributed by atoms with Crippen molar-refractivity contribution in [3.63, 3.8) is 0 Å². The van der Waals surface area contributed by atoms with Crippen LogP contribution in [-0.2, 0) is 4.79 Å². The van der Waals surface area contributed by atoms with Gasteiger partial charge in [0.15, 0.2) is 0 Å². The maximum absolute atomic E-state index is 12.8. The summed E-state index contributed by atoms with van der Waals surface area (Å²) in [5, 5.41) is 6.30. The average Bonchev–Trinajstić information content (AvgIpc) is 2.70. The molecule has 0 bridgehead atoms. The minimum Gasteiger partial charge on any atom is -0.364 e. The van der Waals surface area contributed by atoms with Gasteiger partial charge in [-0.15, -0.1) is 0 Å². The number of piperidine rings is 1. The molecule has 3 rings (SSSR count). The van der Waals surface area contributed by atoms with E-state index in [1.54, 1.807) is 30.5 Å². The Morgan fingerprint density at radius 2 is 2.00 bits per heavy atom. The van der Waals surface area contributed by atoms with E-state index in [1.165, 1.54) is 12.3 Å². The molecule has 140 valence electrons. The van der Waals surface area contributed by atoms with E-state index in [9.17, 15) is 9.59 Å². The summed E-state index contributed by atoms with van der Waals surface area (Å²) >= 11 is 5.75. The number of nitrogens with zero attached hydrogens (tertiary/aromatic N) is 3. The van der Waals surface area contributed by atoms with Gasteiger partial charge in [-0.3, -0.25) is 9.59 Å². The lowest BCUT2D eigenvalue weighted by Crippen LogP contribution is -2.45. The van der Waals surface area contributed by atoms with E-state index in [-0.39, 0.29) is 17.9 Å². The van der Waals surface area contributed by atoms with Crippen LogP contribution in [-0.4, -0.2) is 45.8 Å². The number of aromatic nitrogens is 2. The van der Waals surface area contributed by atoms with Gasteiger partial charge in [-0.05, 0) is 43.2 Å². The Labute approximate surface area is 162 Å². The average molecular weight is 386 g/mol. The molecule has 1 aromatic heterocycles. The first-order valence-electron chi connectivity index (χ1n) is 8.62. The van der Waals surface area contributed by atoms with Crippen LogP contribution in [0.5, 0.6) is 0 Å². The number of benzene rings is 1. The quantitative estimate of drug-likeness (QED) is 0.772. The van der Waals surface area contributed by atoms with Crippen LogP contribution in [0.2, 0.25) is 5.15 Å². The predicted molar refractivity (Wildman–Crippen MR) is 105 cm³/mol.